The normalized spacial score (nSPS) is 33.6. The van der Waals surface area contributed by atoms with Crippen LogP contribution >= 0.6 is 19.8 Å². The van der Waals surface area contributed by atoms with E-state index in [4.69, 9.17) is 0 Å². The fourth-order valence-corrected chi connectivity index (χ4v) is 17.8. The number of rotatable bonds is 13. The Labute approximate surface area is 235 Å². The van der Waals surface area contributed by atoms with Crippen molar-refractivity contribution in [1.29, 1.82) is 0 Å². The summed E-state index contributed by atoms with van der Waals surface area (Å²) in [6.07, 6.45) is 33.7. The molecule has 3 aliphatic rings. The Hall–Kier alpha value is 0.470. The van der Waals surface area contributed by atoms with Gasteiger partial charge in [-0.05, 0) is 5.92 Å². The van der Waals surface area contributed by atoms with Gasteiger partial charge in [0.25, 0.3) is 0 Å². The van der Waals surface area contributed by atoms with Gasteiger partial charge in [-0.2, -0.15) is 0 Å². The summed E-state index contributed by atoms with van der Waals surface area (Å²) in [5, 5.41) is 0. The van der Waals surface area contributed by atoms with E-state index in [1.807, 2.05) is 0 Å². The fraction of sp³-hybridized carbons (Fsp3) is 0.943. The van der Waals surface area contributed by atoms with E-state index in [1.54, 1.807) is 30.1 Å². The first kappa shape index (κ1) is 31.0. The van der Waals surface area contributed by atoms with Gasteiger partial charge < -0.3 is 0 Å². The average Bonchev–Trinajstić information content (AvgIpc) is 3.08. The third kappa shape index (κ3) is 10.2. The number of halogens is 1. The van der Waals surface area contributed by atoms with Crippen LogP contribution in [0.2, 0.25) is 0 Å². The molecule has 2 aliphatic carbocycles. The van der Waals surface area contributed by atoms with Gasteiger partial charge in [0, 0.05) is 0 Å². The number of fused-ring (bicyclic) bond motifs is 1. The topological polar surface area (TPSA) is 0 Å². The molecular weight excluding hydrogens is 547 g/mol. The number of unbranched alkanes of at least 4 members (excludes halogenated alkanes) is 2. The van der Waals surface area contributed by atoms with Crippen molar-refractivity contribution >= 4 is 19.8 Å². The Balaban J connectivity index is 1.33. The zero-order valence-corrected chi connectivity index (χ0v) is 27.5. The molecule has 36 heavy (non-hydrogen) atoms. The van der Waals surface area contributed by atoms with Crippen LogP contribution in [0.3, 0.4) is 0 Å². The second kappa shape index (κ2) is 17.2. The van der Waals surface area contributed by atoms with Gasteiger partial charge in [-0.25, -0.2) is 0 Å². The van der Waals surface area contributed by atoms with E-state index in [0.717, 1.165) is 35.5 Å². The molecule has 1 aliphatic heterocycles. The summed E-state index contributed by atoms with van der Waals surface area (Å²) in [7, 11) is 0. The first-order valence-electron chi connectivity index (χ1n) is 16.8. The van der Waals surface area contributed by atoms with Gasteiger partial charge in [-0.3, -0.25) is 0 Å². The SMILES string of the molecule is CCC1C2CCC(C)CCCCCC2I1CCCCCC(C)CCC1C=CCCCC1CCC(C)C. The monoisotopic (exact) mass is 612 g/mol. The molecular formula is C35H65I. The van der Waals surface area contributed by atoms with Crippen LogP contribution in [0.5, 0.6) is 0 Å². The minimum atomic E-state index is -0.694. The summed E-state index contributed by atoms with van der Waals surface area (Å²) < 4.78 is 4.18. The van der Waals surface area contributed by atoms with Gasteiger partial charge in [0.15, 0.2) is 0 Å². The Morgan fingerprint density at radius 3 is 2.44 bits per heavy atom. The minimum absolute atomic E-state index is 0.694. The molecule has 1 saturated heterocycles. The van der Waals surface area contributed by atoms with Gasteiger partial charge in [0.1, 0.15) is 0 Å². The van der Waals surface area contributed by atoms with Crippen molar-refractivity contribution in [3.63, 3.8) is 0 Å². The van der Waals surface area contributed by atoms with E-state index in [9.17, 15) is 0 Å². The smallest absolute Gasteiger partial charge is 0.0628 e. The van der Waals surface area contributed by atoms with Crippen LogP contribution in [0.25, 0.3) is 0 Å². The van der Waals surface area contributed by atoms with Crippen LogP contribution in [0.4, 0.5) is 0 Å². The summed E-state index contributed by atoms with van der Waals surface area (Å²) in [6, 6.07) is 0. The van der Waals surface area contributed by atoms with Crippen LogP contribution in [0, 0.1) is 35.5 Å². The molecule has 0 radical (unpaired) electrons. The maximum absolute atomic E-state index is 2.63. The molecule has 0 spiro atoms. The summed E-state index contributed by atoms with van der Waals surface area (Å²) in [4.78, 5) is 0. The van der Waals surface area contributed by atoms with Crippen LogP contribution in [0.15, 0.2) is 12.2 Å². The molecule has 1 saturated carbocycles. The van der Waals surface area contributed by atoms with Crippen molar-refractivity contribution in [3.8, 4) is 0 Å². The zero-order chi connectivity index (χ0) is 25.8. The predicted octanol–water partition coefficient (Wildman–Crippen LogP) is 12.0. The summed E-state index contributed by atoms with van der Waals surface area (Å²) in [5.74, 6) is 5.79. The molecule has 7 atom stereocenters. The van der Waals surface area contributed by atoms with Crippen molar-refractivity contribution in [2.24, 2.45) is 35.5 Å². The third-order valence-electron chi connectivity index (χ3n) is 10.3. The summed E-state index contributed by atoms with van der Waals surface area (Å²) in [5.41, 5.74) is 0. The molecule has 0 aromatic heterocycles. The van der Waals surface area contributed by atoms with E-state index in [0.29, 0.717) is 0 Å². The summed E-state index contributed by atoms with van der Waals surface area (Å²) >= 11 is -0.694. The first-order chi connectivity index (χ1) is 17.5. The summed E-state index contributed by atoms with van der Waals surface area (Å²) in [6.45, 7) is 12.4. The average molecular weight is 613 g/mol. The third-order valence-corrected chi connectivity index (χ3v) is 19.8. The van der Waals surface area contributed by atoms with Crippen molar-refractivity contribution in [3.05, 3.63) is 12.2 Å². The molecule has 212 valence electrons. The second-order valence-electron chi connectivity index (χ2n) is 13.8. The van der Waals surface area contributed by atoms with Gasteiger partial charge in [-0.1, -0.05) is 13.8 Å². The Bertz CT molecular complexity index is 593. The van der Waals surface area contributed by atoms with E-state index >= 15 is 0 Å². The van der Waals surface area contributed by atoms with Gasteiger partial charge >= 0.3 is 217 Å². The molecule has 7 unspecified atom stereocenters. The number of alkyl halides is 3. The molecule has 1 heteroatoms. The molecule has 0 nitrogen and oxygen atoms in total. The van der Waals surface area contributed by atoms with Crippen LogP contribution in [0.1, 0.15) is 157 Å². The Morgan fingerprint density at radius 1 is 0.806 bits per heavy atom. The number of allylic oxidation sites excluding steroid dienone is 2. The molecule has 0 N–H and O–H groups in total. The molecule has 0 aromatic rings. The van der Waals surface area contributed by atoms with Crippen LogP contribution in [-0.4, -0.2) is 12.3 Å². The second-order valence-corrected chi connectivity index (χ2v) is 20.6. The van der Waals surface area contributed by atoms with E-state index < -0.39 is 19.8 Å². The zero-order valence-electron chi connectivity index (χ0n) is 25.3. The number of hydrogen-bond donors (Lipinski definition) is 0. The standard InChI is InChI=1S/C35H65I/c1-6-34-33-26-23-30(5)16-10-7-14-20-35(33)36(34)27-15-9-11-17-29(4)22-25-32-19-13-8-12-18-31(32)24-21-28(2)3/h13,19,28-35H,6-12,14-18,20-27H2,1-5H3. The van der Waals surface area contributed by atoms with E-state index in [-0.39, 0.29) is 0 Å². The quantitative estimate of drug-likeness (QED) is 0.0840. The molecule has 0 amide bonds. The minimum Gasteiger partial charge on any atom is -0.0628 e. The van der Waals surface area contributed by atoms with Crippen molar-refractivity contribution in [2.45, 2.75) is 164 Å². The first-order valence-corrected chi connectivity index (χ1v) is 20.8. The van der Waals surface area contributed by atoms with Crippen LogP contribution < -0.4 is 0 Å². The Morgan fingerprint density at radius 2 is 1.64 bits per heavy atom. The molecule has 2 fully saturated rings. The molecule has 0 aromatic carbocycles. The van der Waals surface area contributed by atoms with Gasteiger partial charge in [0.05, 0.1) is 0 Å². The molecule has 0 bridgehead atoms. The number of hydrogen-bond acceptors (Lipinski definition) is 0. The van der Waals surface area contributed by atoms with Crippen molar-refractivity contribution in [2.75, 3.05) is 4.43 Å². The van der Waals surface area contributed by atoms with E-state index in [1.165, 1.54) is 104 Å². The molecule has 1 heterocycles. The van der Waals surface area contributed by atoms with Gasteiger partial charge in [0.2, 0.25) is 0 Å². The van der Waals surface area contributed by atoms with Crippen molar-refractivity contribution in [1.82, 2.24) is 0 Å². The van der Waals surface area contributed by atoms with Crippen molar-refractivity contribution < 1.29 is 0 Å². The van der Waals surface area contributed by atoms with Gasteiger partial charge in [-0.15, -0.1) is 0 Å². The van der Waals surface area contributed by atoms with Crippen LogP contribution in [-0.2, 0) is 0 Å². The fourth-order valence-electron chi connectivity index (χ4n) is 7.81. The molecule has 3 rings (SSSR count). The Kier molecular flexibility index (Phi) is 14.8. The maximum atomic E-state index is 2.63. The van der Waals surface area contributed by atoms with E-state index in [2.05, 4.69) is 46.8 Å². The predicted molar refractivity (Wildman–Crippen MR) is 173 cm³/mol.